The molecule has 0 fully saturated rings. The summed E-state index contributed by atoms with van der Waals surface area (Å²) >= 11 is 4.75. The topological polar surface area (TPSA) is 85.4 Å². The first-order valence-electron chi connectivity index (χ1n) is 8.88. The second-order valence-electron chi connectivity index (χ2n) is 7.05. The molecule has 0 aliphatic rings. The number of ether oxygens (including phenoxy) is 1. The van der Waals surface area contributed by atoms with Crippen molar-refractivity contribution in [3.05, 3.63) is 45.9 Å². The number of carbonyl (C=O) groups is 1. The van der Waals surface area contributed by atoms with Gasteiger partial charge in [0.15, 0.2) is 21.6 Å². The Morgan fingerprint density at radius 2 is 2.00 bits per heavy atom. The number of carbonyl (C=O) groups excluding carboxylic acids is 1. The summed E-state index contributed by atoms with van der Waals surface area (Å²) in [6.07, 6.45) is 1.16. The summed E-state index contributed by atoms with van der Waals surface area (Å²) < 4.78 is 30.9. The zero-order valence-electron chi connectivity index (χ0n) is 16.4. The van der Waals surface area contributed by atoms with Crippen molar-refractivity contribution in [1.29, 1.82) is 0 Å². The summed E-state index contributed by atoms with van der Waals surface area (Å²) in [5.74, 6) is 0.596. The van der Waals surface area contributed by atoms with E-state index in [1.807, 2.05) is 19.1 Å². The van der Waals surface area contributed by atoms with Crippen LogP contribution >= 0.6 is 27.3 Å². The van der Waals surface area contributed by atoms with E-state index in [9.17, 15) is 13.2 Å². The summed E-state index contributed by atoms with van der Waals surface area (Å²) in [6, 6.07) is 8.63. The van der Waals surface area contributed by atoms with Crippen molar-refractivity contribution in [3.8, 4) is 5.75 Å². The number of thiazole rings is 1. The van der Waals surface area contributed by atoms with Gasteiger partial charge in [-0.2, -0.15) is 0 Å². The number of aromatic nitrogens is 1. The maximum absolute atomic E-state index is 12.3. The molecule has 1 amide bonds. The second-order valence-corrected chi connectivity index (χ2v) is 11.0. The average Bonchev–Trinajstić information content (AvgIpc) is 3.02. The molecule has 1 N–H and O–H groups in total. The molecule has 0 spiro atoms. The Kier molecular flexibility index (Phi) is 6.30. The minimum atomic E-state index is -3.30. The highest BCUT2D eigenvalue weighted by Gasteiger charge is 2.15. The lowest BCUT2D eigenvalue weighted by Crippen LogP contribution is -2.20. The molecule has 2 aromatic carbocycles. The van der Waals surface area contributed by atoms with Gasteiger partial charge in [0.25, 0.3) is 5.91 Å². The second kappa shape index (κ2) is 8.41. The van der Waals surface area contributed by atoms with Crippen LogP contribution in [0.1, 0.15) is 30.9 Å². The van der Waals surface area contributed by atoms with Gasteiger partial charge in [-0.05, 0) is 54.3 Å². The van der Waals surface area contributed by atoms with Crippen LogP contribution in [0.4, 0.5) is 5.13 Å². The highest BCUT2D eigenvalue weighted by atomic mass is 79.9. The smallest absolute Gasteiger partial charge is 0.264 e. The Hall–Kier alpha value is -1.97. The predicted octanol–water partition coefficient (Wildman–Crippen LogP) is 4.91. The highest BCUT2D eigenvalue weighted by molar-refractivity contribution is 9.10. The van der Waals surface area contributed by atoms with Crippen molar-refractivity contribution < 1.29 is 17.9 Å². The molecule has 3 rings (SSSR count). The van der Waals surface area contributed by atoms with Crippen LogP contribution in [0, 0.1) is 6.92 Å². The van der Waals surface area contributed by atoms with E-state index in [2.05, 4.69) is 40.1 Å². The molecule has 9 heteroatoms. The zero-order valence-corrected chi connectivity index (χ0v) is 19.7. The molecule has 1 aromatic heterocycles. The van der Waals surface area contributed by atoms with Crippen LogP contribution < -0.4 is 10.1 Å². The maximum Gasteiger partial charge on any atom is 0.264 e. The molecule has 6 nitrogen and oxygen atoms in total. The van der Waals surface area contributed by atoms with Gasteiger partial charge in [0.2, 0.25) is 0 Å². The number of anilines is 1. The summed E-state index contributed by atoms with van der Waals surface area (Å²) in [7, 11) is -3.30. The Labute approximate surface area is 182 Å². The molecule has 0 saturated carbocycles. The van der Waals surface area contributed by atoms with Crippen LogP contribution in [0.5, 0.6) is 5.75 Å². The standard InChI is InChI=1S/C20H21BrN2O4S2/c1-11(2)14-9-15(21)12(3)7-17(14)27-10-19(24)23-20-22-16-6-5-13(29(4,25)26)8-18(16)28-20/h5-9,11H,10H2,1-4H3,(H,22,23,24). The van der Waals surface area contributed by atoms with Gasteiger partial charge in [0.05, 0.1) is 15.1 Å². The summed E-state index contributed by atoms with van der Waals surface area (Å²) in [6.45, 7) is 5.95. The Balaban J connectivity index is 1.72. The number of rotatable bonds is 6. The lowest BCUT2D eigenvalue weighted by atomic mass is 10.0. The number of aryl methyl sites for hydroxylation is 1. The van der Waals surface area contributed by atoms with Gasteiger partial charge < -0.3 is 4.74 Å². The quantitative estimate of drug-likeness (QED) is 0.523. The third kappa shape index (κ3) is 5.15. The lowest BCUT2D eigenvalue weighted by Gasteiger charge is -2.15. The Morgan fingerprint density at radius 3 is 2.66 bits per heavy atom. The van der Waals surface area contributed by atoms with Crippen LogP contribution in [0.15, 0.2) is 39.7 Å². The molecule has 0 radical (unpaired) electrons. The monoisotopic (exact) mass is 496 g/mol. The fourth-order valence-corrected chi connectivity index (χ4v) is 4.74. The van der Waals surface area contributed by atoms with Crippen molar-refractivity contribution in [2.45, 2.75) is 31.6 Å². The average molecular weight is 497 g/mol. The van der Waals surface area contributed by atoms with Crippen molar-refractivity contribution in [1.82, 2.24) is 4.98 Å². The van der Waals surface area contributed by atoms with E-state index in [1.165, 1.54) is 17.4 Å². The number of halogens is 1. The van der Waals surface area contributed by atoms with Gasteiger partial charge in [0.1, 0.15) is 5.75 Å². The fourth-order valence-electron chi connectivity index (χ4n) is 2.73. The van der Waals surface area contributed by atoms with E-state index >= 15 is 0 Å². The maximum atomic E-state index is 12.3. The van der Waals surface area contributed by atoms with E-state index < -0.39 is 9.84 Å². The molecule has 0 aliphatic carbocycles. The van der Waals surface area contributed by atoms with Gasteiger partial charge in [-0.15, -0.1) is 0 Å². The third-order valence-electron chi connectivity index (χ3n) is 4.31. The van der Waals surface area contributed by atoms with Gasteiger partial charge in [0, 0.05) is 10.7 Å². The van der Waals surface area contributed by atoms with Gasteiger partial charge in [-0.1, -0.05) is 41.1 Å². The van der Waals surface area contributed by atoms with Crippen LogP contribution in [0.2, 0.25) is 0 Å². The van der Waals surface area contributed by atoms with Gasteiger partial charge >= 0.3 is 0 Å². The minimum Gasteiger partial charge on any atom is -0.483 e. The first kappa shape index (κ1) is 21.7. The van der Waals surface area contributed by atoms with Crippen molar-refractivity contribution in [2.24, 2.45) is 0 Å². The van der Waals surface area contributed by atoms with E-state index in [-0.39, 0.29) is 23.3 Å². The molecule has 0 unspecified atom stereocenters. The summed E-state index contributed by atoms with van der Waals surface area (Å²) in [5.41, 5.74) is 2.67. The lowest BCUT2D eigenvalue weighted by molar-refractivity contribution is -0.118. The van der Waals surface area contributed by atoms with E-state index in [4.69, 9.17) is 4.74 Å². The summed E-state index contributed by atoms with van der Waals surface area (Å²) in [5, 5.41) is 3.12. The summed E-state index contributed by atoms with van der Waals surface area (Å²) in [4.78, 5) is 16.9. The van der Waals surface area contributed by atoms with E-state index in [0.717, 1.165) is 21.9 Å². The largest absolute Gasteiger partial charge is 0.483 e. The predicted molar refractivity (Wildman–Crippen MR) is 120 cm³/mol. The molecule has 0 bridgehead atoms. The molecule has 0 atom stereocenters. The molecule has 3 aromatic rings. The van der Waals surface area contributed by atoms with Crippen molar-refractivity contribution >= 4 is 58.4 Å². The van der Waals surface area contributed by atoms with E-state index in [0.29, 0.717) is 21.1 Å². The number of fused-ring (bicyclic) bond motifs is 1. The number of sulfone groups is 1. The molecule has 0 saturated heterocycles. The van der Waals surface area contributed by atoms with Crippen molar-refractivity contribution in [3.63, 3.8) is 0 Å². The molecule has 0 aliphatic heterocycles. The number of nitrogens with zero attached hydrogens (tertiary/aromatic N) is 1. The fraction of sp³-hybridized carbons (Fsp3) is 0.300. The zero-order chi connectivity index (χ0) is 21.3. The molecule has 29 heavy (non-hydrogen) atoms. The van der Waals surface area contributed by atoms with Crippen LogP contribution in [-0.4, -0.2) is 32.2 Å². The normalized spacial score (nSPS) is 11.8. The Bertz CT molecular complexity index is 1190. The SMILES string of the molecule is Cc1cc(OCC(=O)Nc2nc3ccc(S(C)(=O)=O)cc3s2)c(C(C)C)cc1Br. The molecular weight excluding hydrogens is 476 g/mol. The molecule has 154 valence electrons. The number of benzene rings is 2. The first-order valence-corrected chi connectivity index (χ1v) is 12.4. The van der Waals surface area contributed by atoms with Crippen LogP contribution in [0.3, 0.4) is 0 Å². The highest BCUT2D eigenvalue weighted by Crippen LogP contribution is 2.32. The minimum absolute atomic E-state index is 0.148. The van der Waals surface area contributed by atoms with Crippen LogP contribution in [-0.2, 0) is 14.6 Å². The first-order chi connectivity index (χ1) is 13.5. The molecule has 1 heterocycles. The molecular formula is C20H21BrN2O4S2. The van der Waals surface area contributed by atoms with Gasteiger partial charge in [-0.25, -0.2) is 13.4 Å². The van der Waals surface area contributed by atoms with Gasteiger partial charge in [-0.3, -0.25) is 10.1 Å². The Morgan fingerprint density at radius 1 is 1.28 bits per heavy atom. The van der Waals surface area contributed by atoms with E-state index in [1.54, 1.807) is 12.1 Å². The number of hydrogen-bond donors (Lipinski definition) is 1. The number of amides is 1. The third-order valence-corrected chi connectivity index (χ3v) is 7.20. The van der Waals surface area contributed by atoms with Crippen molar-refractivity contribution in [2.75, 3.05) is 18.2 Å². The van der Waals surface area contributed by atoms with Crippen LogP contribution in [0.25, 0.3) is 10.2 Å². The number of hydrogen-bond acceptors (Lipinski definition) is 6. The number of nitrogens with one attached hydrogen (secondary N) is 1.